The highest BCUT2D eigenvalue weighted by Gasteiger charge is 2.57. The summed E-state index contributed by atoms with van der Waals surface area (Å²) >= 11 is 0. The van der Waals surface area contributed by atoms with Gasteiger partial charge in [0, 0.05) is 16.5 Å². The summed E-state index contributed by atoms with van der Waals surface area (Å²) in [7, 11) is -1.96. The number of allylic oxidation sites excluding steroid dienone is 4. The van der Waals surface area contributed by atoms with Crippen LogP contribution in [0.3, 0.4) is 0 Å². The van der Waals surface area contributed by atoms with Gasteiger partial charge >= 0.3 is 0 Å². The molecule has 0 saturated heterocycles. The van der Waals surface area contributed by atoms with Crippen LogP contribution < -0.4 is 0 Å². The Morgan fingerprint density at radius 3 is 2.02 bits per heavy atom. The number of nitrogens with zero attached hydrogens (tertiary/aromatic N) is 1. The molecule has 3 aromatic rings. The monoisotopic (exact) mass is 603 g/mol. The van der Waals surface area contributed by atoms with Crippen LogP contribution in [-0.4, -0.2) is 23.9 Å². The number of hydrogen-bond donors (Lipinski definition) is 0. The predicted molar refractivity (Wildman–Crippen MR) is 195 cm³/mol. The van der Waals surface area contributed by atoms with Gasteiger partial charge in [0.1, 0.15) is 8.24 Å². The molecule has 1 nitrogen and oxygen atoms in total. The van der Waals surface area contributed by atoms with E-state index in [0.29, 0.717) is 23.3 Å². The van der Waals surface area contributed by atoms with E-state index >= 15 is 0 Å². The third-order valence-electron chi connectivity index (χ3n) is 11.5. The van der Waals surface area contributed by atoms with Gasteiger partial charge in [0.25, 0.3) is 0 Å². The van der Waals surface area contributed by atoms with Crippen molar-refractivity contribution in [1.29, 1.82) is 0 Å². The Morgan fingerprint density at radius 1 is 0.750 bits per heavy atom. The fourth-order valence-corrected chi connectivity index (χ4v) is 17.0. The van der Waals surface area contributed by atoms with Gasteiger partial charge in [-0.05, 0) is 123 Å². The quantitative estimate of drug-likeness (QED) is 0.243. The molecule has 44 heavy (non-hydrogen) atoms. The van der Waals surface area contributed by atoms with Crippen LogP contribution in [0.2, 0.25) is 18.6 Å². The molecule has 1 saturated carbocycles. The first-order valence-electron chi connectivity index (χ1n) is 17.6. The van der Waals surface area contributed by atoms with E-state index in [4.69, 9.17) is 0 Å². The minimum Gasteiger partial charge on any atom is -0.314 e. The molecule has 0 aromatic heterocycles. The molecule has 4 atom stereocenters. The zero-order valence-corrected chi connectivity index (χ0v) is 30.3. The fourth-order valence-electron chi connectivity index (χ4n) is 11.2. The van der Waals surface area contributed by atoms with Crippen molar-refractivity contribution >= 4 is 24.6 Å². The minimum absolute atomic E-state index is 0.112. The molecule has 2 heteroatoms. The highest BCUT2D eigenvalue weighted by Crippen LogP contribution is 2.64. The van der Waals surface area contributed by atoms with Crippen molar-refractivity contribution in [1.82, 2.24) is 4.57 Å². The largest absolute Gasteiger partial charge is 0.314 e. The maximum Gasteiger partial charge on any atom is 0.127 e. The van der Waals surface area contributed by atoms with Gasteiger partial charge in [-0.15, -0.1) is 0 Å². The maximum atomic E-state index is 2.99. The summed E-state index contributed by atoms with van der Waals surface area (Å²) in [6.07, 6.45) is 11.9. The van der Waals surface area contributed by atoms with Crippen molar-refractivity contribution in [2.45, 2.75) is 129 Å². The van der Waals surface area contributed by atoms with Gasteiger partial charge in [-0.25, -0.2) is 0 Å². The molecule has 6 rings (SSSR count). The van der Waals surface area contributed by atoms with Crippen LogP contribution in [0.15, 0.2) is 84.5 Å². The second-order valence-electron chi connectivity index (χ2n) is 16.8. The average Bonchev–Trinajstić information content (AvgIpc) is 3.45. The third-order valence-corrected chi connectivity index (χ3v) is 16.5. The Bertz CT molecular complexity index is 1570. The van der Waals surface area contributed by atoms with Crippen LogP contribution in [0.5, 0.6) is 0 Å². The maximum absolute atomic E-state index is 2.99. The molecule has 3 aromatic carbocycles. The fraction of sp³-hybridized carbons (Fsp3) is 0.524. The van der Waals surface area contributed by atoms with E-state index in [1.807, 2.05) is 0 Å². The zero-order chi connectivity index (χ0) is 31.7. The van der Waals surface area contributed by atoms with Crippen LogP contribution in [0.1, 0.15) is 110 Å². The number of hydrogen-bond acceptors (Lipinski definition) is 1. The SMILES string of the molecule is CCCC1(CCC)C2=CC3C(c4cccc5ccccc45)CC([Si](C)(C)N(C(C)(C)C)C(C)(C)C)C3C=C2c2ccccc21. The van der Waals surface area contributed by atoms with Gasteiger partial charge < -0.3 is 4.57 Å². The summed E-state index contributed by atoms with van der Waals surface area (Å²) in [5.74, 6) is 1.61. The first-order valence-corrected chi connectivity index (χ1v) is 20.6. The molecule has 3 aliphatic rings. The van der Waals surface area contributed by atoms with Crippen LogP contribution in [0, 0.1) is 11.8 Å². The molecule has 0 amide bonds. The Labute approximate surface area is 269 Å². The summed E-state index contributed by atoms with van der Waals surface area (Å²) in [5.41, 5.74) is 8.98. The van der Waals surface area contributed by atoms with E-state index < -0.39 is 8.24 Å². The second-order valence-corrected chi connectivity index (χ2v) is 21.3. The Hall–Kier alpha value is -2.42. The van der Waals surface area contributed by atoms with Crippen molar-refractivity contribution < 1.29 is 0 Å². The first-order chi connectivity index (χ1) is 20.8. The van der Waals surface area contributed by atoms with Gasteiger partial charge in [0.15, 0.2) is 0 Å². The zero-order valence-electron chi connectivity index (χ0n) is 29.3. The van der Waals surface area contributed by atoms with E-state index in [9.17, 15) is 0 Å². The summed E-state index contributed by atoms with van der Waals surface area (Å²) in [6.45, 7) is 24.9. The van der Waals surface area contributed by atoms with Gasteiger partial charge in [0.05, 0.1) is 0 Å². The molecular formula is C42H57NSi. The number of fused-ring (bicyclic) bond motifs is 5. The lowest BCUT2D eigenvalue weighted by atomic mass is 9.68. The van der Waals surface area contributed by atoms with Crippen LogP contribution in [0.25, 0.3) is 16.3 Å². The molecule has 0 heterocycles. The standard InChI is InChI=1S/C42H57NSi/c1-11-24-42(25-12-2)37-23-16-15-21-32(37)35-26-36-33(27-38(35)42)34(31-22-17-19-29-18-13-14-20-30(29)31)28-39(36)44(9,10)43(40(3,4)5)41(6,7)8/h13-23,26-27,33-34,36,39H,11-12,24-25,28H2,1-10H3. The van der Waals surface area contributed by atoms with Crippen molar-refractivity contribution in [2.24, 2.45) is 11.8 Å². The molecule has 1 fully saturated rings. The number of rotatable bonds is 7. The van der Waals surface area contributed by atoms with Gasteiger partial charge in [-0.3, -0.25) is 0 Å². The highest BCUT2D eigenvalue weighted by molar-refractivity contribution is 6.76. The molecule has 4 unspecified atom stereocenters. The summed E-state index contributed by atoms with van der Waals surface area (Å²) in [4.78, 5) is 0. The lowest BCUT2D eigenvalue weighted by Crippen LogP contribution is -2.67. The van der Waals surface area contributed by atoms with E-state index in [0.717, 1.165) is 0 Å². The van der Waals surface area contributed by atoms with Crippen molar-refractivity contribution in [2.75, 3.05) is 0 Å². The molecule has 0 radical (unpaired) electrons. The van der Waals surface area contributed by atoms with Gasteiger partial charge in [-0.1, -0.05) is 119 Å². The summed E-state index contributed by atoms with van der Waals surface area (Å²) in [6, 6.07) is 25.7. The third kappa shape index (κ3) is 4.91. The minimum atomic E-state index is -1.96. The Balaban J connectivity index is 1.58. The molecule has 0 aliphatic heterocycles. The molecule has 0 bridgehead atoms. The van der Waals surface area contributed by atoms with Crippen LogP contribution in [0.4, 0.5) is 0 Å². The smallest absolute Gasteiger partial charge is 0.127 e. The summed E-state index contributed by atoms with van der Waals surface area (Å²) in [5, 5.41) is 2.84. The van der Waals surface area contributed by atoms with Gasteiger partial charge in [-0.2, -0.15) is 0 Å². The summed E-state index contributed by atoms with van der Waals surface area (Å²) < 4.78 is 2.99. The molecule has 234 valence electrons. The van der Waals surface area contributed by atoms with Gasteiger partial charge in [0.2, 0.25) is 0 Å². The highest BCUT2D eigenvalue weighted by atomic mass is 28.3. The first kappa shape index (κ1) is 31.6. The lowest BCUT2D eigenvalue weighted by molar-refractivity contribution is 0.122. The molecule has 0 spiro atoms. The molecular weight excluding hydrogens is 547 g/mol. The van der Waals surface area contributed by atoms with E-state index in [1.165, 1.54) is 48.4 Å². The average molecular weight is 604 g/mol. The second kappa shape index (κ2) is 11.1. The molecule has 0 N–H and O–H groups in total. The van der Waals surface area contributed by atoms with E-state index in [2.05, 4.69) is 152 Å². The molecule has 3 aliphatic carbocycles. The van der Waals surface area contributed by atoms with Crippen molar-refractivity contribution in [3.63, 3.8) is 0 Å². The van der Waals surface area contributed by atoms with Crippen molar-refractivity contribution in [3.8, 4) is 0 Å². The lowest BCUT2D eigenvalue weighted by Gasteiger charge is -2.57. The normalized spacial score (nSPS) is 24.6. The van der Waals surface area contributed by atoms with Crippen LogP contribution in [-0.2, 0) is 5.41 Å². The van der Waals surface area contributed by atoms with E-state index in [1.54, 1.807) is 22.3 Å². The predicted octanol–water partition coefficient (Wildman–Crippen LogP) is 11.9. The van der Waals surface area contributed by atoms with Crippen LogP contribution >= 0.6 is 0 Å². The number of benzene rings is 3. The Morgan fingerprint density at radius 2 is 1.36 bits per heavy atom. The topological polar surface area (TPSA) is 3.24 Å². The van der Waals surface area contributed by atoms with Crippen molar-refractivity contribution in [3.05, 3.63) is 101 Å². The Kier molecular flexibility index (Phi) is 7.98. The van der Waals surface area contributed by atoms with E-state index in [-0.39, 0.29) is 16.5 Å².